The fourth-order valence-electron chi connectivity index (χ4n) is 2.28. The van der Waals surface area contributed by atoms with Crippen LogP contribution >= 0.6 is 0 Å². The van der Waals surface area contributed by atoms with Gasteiger partial charge in [0.05, 0.1) is 0 Å². The van der Waals surface area contributed by atoms with E-state index >= 15 is 0 Å². The number of rotatable bonds is 10. The Balaban J connectivity index is 2.56. The van der Waals surface area contributed by atoms with E-state index < -0.39 is 0 Å². The van der Waals surface area contributed by atoms with E-state index in [1.54, 1.807) is 12.1 Å². The van der Waals surface area contributed by atoms with E-state index in [2.05, 4.69) is 43.2 Å². The van der Waals surface area contributed by atoms with Crippen LogP contribution in [0.2, 0.25) is 0 Å². The molecule has 0 bridgehead atoms. The van der Waals surface area contributed by atoms with Crippen molar-refractivity contribution in [3.8, 4) is 0 Å². The highest BCUT2D eigenvalue weighted by Crippen LogP contribution is 2.20. The predicted octanol–water partition coefficient (Wildman–Crippen LogP) is 2.75. The topological polar surface area (TPSA) is 18.5 Å². The van der Waals surface area contributed by atoms with E-state index in [-0.39, 0.29) is 11.9 Å². The zero-order valence-electron chi connectivity index (χ0n) is 13.9. The zero-order valence-corrected chi connectivity index (χ0v) is 13.9. The molecule has 0 aliphatic carbocycles. The molecule has 0 aliphatic rings. The van der Waals surface area contributed by atoms with Gasteiger partial charge in [-0.3, -0.25) is 0 Å². The summed E-state index contributed by atoms with van der Waals surface area (Å²) in [5.74, 6) is -0.109. The monoisotopic (exact) mass is 295 g/mol. The molecule has 0 radical (unpaired) electrons. The first-order valence-corrected chi connectivity index (χ1v) is 7.85. The predicted molar refractivity (Wildman–Crippen MR) is 88.1 cm³/mol. The fourth-order valence-corrected chi connectivity index (χ4v) is 2.28. The van der Waals surface area contributed by atoms with Gasteiger partial charge >= 0.3 is 0 Å². The lowest BCUT2D eigenvalue weighted by molar-refractivity contribution is 0.267. The summed E-state index contributed by atoms with van der Waals surface area (Å²) in [5.41, 5.74) is 0.784. The maximum Gasteiger partial charge on any atom is 0.127 e. The third kappa shape index (κ3) is 7.02. The van der Waals surface area contributed by atoms with Crippen molar-refractivity contribution in [3.05, 3.63) is 35.6 Å². The summed E-state index contributed by atoms with van der Waals surface area (Å²) in [4.78, 5) is 4.49. The van der Waals surface area contributed by atoms with E-state index in [0.29, 0.717) is 0 Å². The number of nitrogens with one attached hydrogen (secondary N) is 1. The lowest BCUT2D eigenvalue weighted by Crippen LogP contribution is -2.32. The van der Waals surface area contributed by atoms with Gasteiger partial charge in [-0.25, -0.2) is 4.39 Å². The maximum atomic E-state index is 14.0. The van der Waals surface area contributed by atoms with Gasteiger partial charge in [-0.05, 0) is 53.1 Å². The largest absolute Gasteiger partial charge is 0.310 e. The standard InChI is InChI=1S/C17H30FN3/c1-5-11-19-17(15-8-6-7-9-16(15)18)10-12-21(4)14-13-20(2)3/h6-9,17,19H,5,10-14H2,1-4H3. The second-order valence-corrected chi connectivity index (χ2v) is 5.92. The molecule has 0 amide bonds. The molecule has 1 aromatic rings. The SMILES string of the molecule is CCCNC(CCN(C)CCN(C)C)c1ccccc1F. The number of nitrogens with zero attached hydrogens (tertiary/aromatic N) is 2. The van der Waals surface area contributed by atoms with Crippen LogP contribution in [0.5, 0.6) is 0 Å². The van der Waals surface area contributed by atoms with Gasteiger partial charge in [0.15, 0.2) is 0 Å². The van der Waals surface area contributed by atoms with Crippen molar-refractivity contribution >= 4 is 0 Å². The lowest BCUT2D eigenvalue weighted by Gasteiger charge is -2.24. The van der Waals surface area contributed by atoms with Crippen molar-refractivity contribution in [3.63, 3.8) is 0 Å². The number of halogens is 1. The molecule has 1 rings (SSSR count). The molecule has 3 nitrogen and oxygen atoms in total. The van der Waals surface area contributed by atoms with Crippen LogP contribution in [0, 0.1) is 5.82 Å². The Kier molecular flexibility index (Phi) is 8.50. The van der Waals surface area contributed by atoms with Gasteiger partial charge in [0, 0.05) is 24.7 Å². The Morgan fingerprint density at radius 1 is 1.10 bits per heavy atom. The van der Waals surface area contributed by atoms with Gasteiger partial charge in [0.2, 0.25) is 0 Å². The summed E-state index contributed by atoms with van der Waals surface area (Å²) in [6, 6.07) is 7.19. The first-order chi connectivity index (χ1) is 10.0. The molecular weight excluding hydrogens is 265 g/mol. The van der Waals surface area contributed by atoms with Crippen LogP contribution in [-0.4, -0.2) is 57.1 Å². The van der Waals surface area contributed by atoms with Crippen molar-refractivity contribution in [2.45, 2.75) is 25.8 Å². The summed E-state index contributed by atoms with van der Waals surface area (Å²) in [5, 5.41) is 3.47. The minimum atomic E-state index is -0.109. The number of hydrogen-bond acceptors (Lipinski definition) is 3. The van der Waals surface area contributed by atoms with E-state index in [9.17, 15) is 4.39 Å². The molecule has 0 saturated carbocycles. The van der Waals surface area contributed by atoms with Crippen LogP contribution in [0.1, 0.15) is 31.4 Å². The Morgan fingerprint density at radius 3 is 2.43 bits per heavy atom. The van der Waals surface area contributed by atoms with Crippen LogP contribution in [0.25, 0.3) is 0 Å². The molecule has 4 heteroatoms. The van der Waals surface area contributed by atoms with Crippen molar-refractivity contribution in [2.24, 2.45) is 0 Å². The van der Waals surface area contributed by atoms with Gasteiger partial charge in [0.1, 0.15) is 5.82 Å². The highest BCUT2D eigenvalue weighted by molar-refractivity contribution is 5.21. The second-order valence-electron chi connectivity index (χ2n) is 5.92. The highest BCUT2D eigenvalue weighted by atomic mass is 19.1. The molecule has 21 heavy (non-hydrogen) atoms. The first kappa shape index (κ1) is 18.1. The van der Waals surface area contributed by atoms with Gasteiger partial charge in [0.25, 0.3) is 0 Å². The van der Waals surface area contributed by atoms with Gasteiger partial charge in [-0.1, -0.05) is 25.1 Å². The molecule has 120 valence electrons. The van der Waals surface area contributed by atoms with Gasteiger partial charge in [-0.15, -0.1) is 0 Å². The third-order valence-corrected chi connectivity index (χ3v) is 3.65. The van der Waals surface area contributed by atoms with E-state index in [1.807, 2.05) is 12.1 Å². The lowest BCUT2D eigenvalue weighted by atomic mass is 10.0. The molecule has 0 aromatic heterocycles. The molecule has 1 atom stereocenters. The quantitative estimate of drug-likeness (QED) is 0.716. The molecule has 0 aliphatic heterocycles. The number of hydrogen-bond donors (Lipinski definition) is 1. The van der Waals surface area contributed by atoms with E-state index in [1.165, 1.54) is 0 Å². The Hall–Kier alpha value is -0.970. The second kappa shape index (κ2) is 9.87. The summed E-state index contributed by atoms with van der Waals surface area (Å²) in [7, 11) is 6.29. The minimum Gasteiger partial charge on any atom is -0.310 e. The summed E-state index contributed by atoms with van der Waals surface area (Å²) in [6.45, 7) is 6.09. The molecule has 1 aromatic carbocycles. The van der Waals surface area contributed by atoms with E-state index in [0.717, 1.165) is 44.6 Å². The smallest absolute Gasteiger partial charge is 0.127 e. The Labute approximate surface area is 129 Å². The normalized spacial score (nSPS) is 13.1. The van der Waals surface area contributed by atoms with Crippen LogP contribution in [0.15, 0.2) is 24.3 Å². The molecule has 1 N–H and O–H groups in total. The van der Waals surface area contributed by atoms with Crippen LogP contribution in [-0.2, 0) is 0 Å². The third-order valence-electron chi connectivity index (χ3n) is 3.65. The van der Waals surface area contributed by atoms with Crippen molar-refractivity contribution in [2.75, 3.05) is 47.3 Å². The van der Waals surface area contributed by atoms with Crippen LogP contribution in [0.4, 0.5) is 4.39 Å². The van der Waals surface area contributed by atoms with Crippen molar-refractivity contribution in [1.82, 2.24) is 15.1 Å². The fraction of sp³-hybridized carbons (Fsp3) is 0.647. The van der Waals surface area contributed by atoms with Crippen molar-refractivity contribution in [1.29, 1.82) is 0 Å². The van der Waals surface area contributed by atoms with E-state index in [4.69, 9.17) is 0 Å². The molecule has 0 heterocycles. The van der Waals surface area contributed by atoms with Crippen LogP contribution < -0.4 is 5.32 Å². The number of benzene rings is 1. The average molecular weight is 295 g/mol. The average Bonchev–Trinajstić information content (AvgIpc) is 2.46. The molecule has 0 spiro atoms. The molecule has 0 fully saturated rings. The summed E-state index contributed by atoms with van der Waals surface area (Å²) < 4.78 is 14.0. The number of likely N-dealkylation sites (N-methyl/N-ethyl adjacent to an activating group) is 2. The van der Waals surface area contributed by atoms with Gasteiger partial charge < -0.3 is 15.1 Å². The molecular formula is C17H30FN3. The van der Waals surface area contributed by atoms with Gasteiger partial charge in [-0.2, -0.15) is 0 Å². The maximum absolute atomic E-state index is 14.0. The summed E-state index contributed by atoms with van der Waals surface area (Å²) >= 11 is 0. The molecule has 1 unspecified atom stereocenters. The highest BCUT2D eigenvalue weighted by Gasteiger charge is 2.15. The zero-order chi connectivity index (χ0) is 15.7. The Bertz CT molecular complexity index is 395. The van der Waals surface area contributed by atoms with Crippen LogP contribution in [0.3, 0.4) is 0 Å². The Morgan fingerprint density at radius 2 is 1.81 bits per heavy atom. The van der Waals surface area contributed by atoms with Crippen molar-refractivity contribution < 1.29 is 4.39 Å². The minimum absolute atomic E-state index is 0.0907. The first-order valence-electron chi connectivity index (χ1n) is 7.85. The molecule has 0 saturated heterocycles. The summed E-state index contributed by atoms with van der Waals surface area (Å²) in [6.07, 6.45) is 1.98.